The standard InChI is InChI=1S/C18H22N4O4S3/c1-3-14-11-20-22(12-14)18(19-4-2)21-29(25,26)17-10-16(13-27-17)28(23,24)15-8-6-5-7-9-15/h5-11,13-14H,3-4,12H2,1-2H3,(H,19,21). The quantitative estimate of drug-likeness (QED) is 0.533. The predicted molar refractivity (Wildman–Crippen MR) is 113 cm³/mol. The minimum atomic E-state index is -4.01. The van der Waals surface area contributed by atoms with E-state index in [0.717, 1.165) is 17.8 Å². The molecule has 1 aromatic carbocycles. The Morgan fingerprint density at radius 2 is 1.93 bits per heavy atom. The fourth-order valence-electron chi connectivity index (χ4n) is 2.67. The van der Waals surface area contributed by atoms with Crippen LogP contribution < -0.4 is 4.72 Å². The van der Waals surface area contributed by atoms with E-state index in [-0.39, 0.29) is 25.9 Å². The molecule has 0 saturated carbocycles. The van der Waals surface area contributed by atoms with E-state index < -0.39 is 19.9 Å². The number of rotatable bonds is 6. The maximum Gasteiger partial charge on any atom is 0.273 e. The summed E-state index contributed by atoms with van der Waals surface area (Å²) in [7, 11) is -7.80. The van der Waals surface area contributed by atoms with Crippen molar-refractivity contribution in [1.29, 1.82) is 0 Å². The molecule has 0 spiro atoms. The van der Waals surface area contributed by atoms with Crippen molar-refractivity contribution >= 4 is 43.4 Å². The van der Waals surface area contributed by atoms with Crippen molar-refractivity contribution in [2.45, 2.75) is 34.3 Å². The van der Waals surface area contributed by atoms with Crippen molar-refractivity contribution in [3.63, 3.8) is 0 Å². The lowest BCUT2D eigenvalue weighted by Crippen LogP contribution is -2.41. The zero-order valence-electron chi connectivity index (χ0n) is 16.0. The molecular formula is C18H22N4O4S3. The van der Waals surface area contributed by atoms with Gasteiger partial charge in [-0.05, 0) is 31.5 Å². The largest absolute Gasteiger partial charge is 0.273 e. The number of sulfonamides is 1. The van der Waals surface area contributed by atoms with Gasteiger partial charge in [0.05, 0.1) is 16.3 Å². The number of hydrazone groups is 1. The van der Waals surface area contributed by atoms with Crippen LogP contribution in [0.25, 0.3) is 0 Å². The second-order valence-electron chi connectivity index (χ2n) is 6.34. The Morgan fingerprint density at radius 1 is 1.21 bits per heavy atom. The first-order valence-corrected chi connectivity index (χ1v) is 12.9. The molecule has 1 N–H and O–H groups in total. The molecule has 0 radical (unpaired) electrons. The average Bonchev–Trinajstić information content (AvgIpc) is 3.38. The van der Waals surface area contributed by atoms with Gasteiger partial charge in [0.1, 0.15) is 4.21 Å². The molecule has 8 nitrogen and oxygen atoms in total. The molecule has 1 unspecified atom stereocenters. The maximum atomic E-state index is 12.8. The fraction of sp³-hybridized carbons (Fsp3) is 0.333. The summed E-state index contributed by atoms with van der Waals surface area (Å²) in [6, 6.07) is 9.06. The molecule has 29 heavy (non-hydrogen) atoms. The monoisotopic (exact) mass is 454 g/mol. The van der Waals surface area contributed by atoms with E-state index in [1.54, 1.807) is 31.3 Å². The van der Waals surface area contributed by atoms with E-state index >= 15 is 0 Å². The minimum absolute atomic E-state index is 0.0618. The van der Waals surface area contributed by atoms with Crippen LogP contribution in [0.4, 0.5) is 0 Å². The molecular weight excluding hydrogens is 432 g/mol. The second-order valence-corrected chi connectivity index (χ2v) is 11.1. The van der Waals surface area contributed by atoms with Crippen LogP contribution in [0, 0.1) is 5.92 Å². The summed E-state index contributed by atoms with van der Waals surface area (Å²) < 4.78 is 53.5. The van der Waals surface area contributed by atoms with Crippen molar-refractivity contribution in [2.24, 2.45) is 16.0 Å². The molecule has 156 valence electrons. The first kappa shape index (κ1) is 21.5. The Morgan fingerprint density at radius 3 is 2.55 bits per heavy atom. The summed E-state index contributed by atoms with van der Waals surface area (Å²) in [5.41, 5.74) is 0. The highest BCUT2D eigenvalue weighted by Gasteiger charge is 2.28. The molecule has 2 heterocycles. The number of thiophene rings is 1. The summed E-state index contributed by atoms with van der Waals surface area (Å²) in [6.45, 7) is 4.73. The zero-order chi connectivity index (χ0) is 21.1. The molecule has 1 aromatic heterocycles. The molecule has 1 atom stereocenters. The lowest BCUT2D eigenvalue weighted by molar-refractivity contribution is 0.429. The van der Waals surface area contributed by atoms with Gasteiger partial charge in [0.2, 0.25) is 15.8 Å². The van der Waals surface area contributed by atoms with E-state index in [0.29, 0.717) is 13.1 Å². The van der Waals surface area contributed by atoms with E-state index in [2.05, 4.69) is 14.8 Å². The van der Waals surface area contributed by atoms with Gasteiger partial charge in [0.25, 0.3) is 10.0 Å². The SMILES string of the molecule is CCN=C(NS(=O)(=O)c1cc(S(=O)(=O)c2ccccc2)cs1)N1CC(CC)C=N1. The summed E-state index contributed by atoms with van der Waals surface area (Å²) in [5, 5.41) is 7.07. The van der Waals surface area contributed by atoms with Gasteiger partial charge >= 0.3 is 0 Å². The number of guanidine groups is 1. The van der Waals surface area contributed by atoms with E-state index in [9.17, 15) is 16.8 Å². The van der Waals surface area contributed by atoms with Crippen LogP contribution in [0.5, 0.6) is 0 Å². The molecule has 3 rings (SSSR count). The Balaban J connectivity index is 1.85. The molecule has 0 saturated heterocycles. The highest BCUT2D eigenvalue weighted by atomic mass is 32.2. The van der Waals surface area contributed by atoms with Gasteiger partial charge in [-0.2, -0.15) is 5.10 Å². The fourth-order valence-corrected chi connectivity index (χ4v) is 6.60. The van der Waals surface area contributed by atoms with Gasteiger partial charge < -0.3 is 0 Å². The summed E-state index contributed by atoms with van der Waals surface area (Å²) in [6.07, 6.45) is 2.66. The lowest BCUT2D eigenvalue weighted by atomic mass is 10.1. The molecule has 1 aliphatic rings. The number of sulfone groups is 1. The number of nitrogens with one attached hydrogen (secondary N) is 1. The minimum Gasteiger partial charge on any atom is -0.251 e. The van der Waals surface area contributed by atoms with Gasteiger partial charge in [-0.1, -0.05) is 25.1 Å². The van der Waals surface area contributed by atoms with Gasteiger partial charge in [-0.3, -0.25) is 4.99 Å². The second kappa shape index (κ2) is 8.64. The van der Waals surface area contributed by atoms with E-state index in [4.69, 9.17) is 0 Å². The topological polar surface area (TPSA) is 108 Å². The normalized spacial score (nSPS) is 17.7. The molecule has 11 heteroatoms. The third-order valence-electron chi connectivity index (χ3n) is 4.31. The van der Waals surface area contributed by atoms with Crippen LogP contribution in [0.15, 0.2) is 65.9 Å². The first-order chi connectivity index (χ1) is 13.8. The van der Waals surface area contributed by atoms with Gasteiger partial charge in [-0.15, -0.1) is 11.3 Å². The van der Waals surface area contributed by atoms with Crippen LogP contribution in [0.1, 0.15) is 20.3 Å². The Kier molecular flexibility index (Phi) is 6.39. The Hall–Kier alpha value is -2.24. The van der Waals surface area contributed by atoms with Crippen LogP contribution in [-0.4, -0.2) is 47.1 Å². The van der Waals surface area contributed by atoms with Gasteiger partial charge in [0, 0.05) is 24.1 Å². The number of benzene rings is 1. The van der Waals surface area contributed by atoms with E-state index in [1.807, 2.05) is 6.92 Å². The number of aliphatic imine (C=N–C) groups is 1. The predicted octanol–water partition coefficient (Wildman–Crippen LogP) is 2.56. The van der Waals surface area contributed by atoms with Gasteiger partial charge in [-0.25, -0.2) is 26.6 Å². The van der Waals surface area contributed by atoms with Crippen LogP contribution in [0.3, 0.4) is 0 Å². The number of nitrogens with zero attached hydrogens (tertiary/aromatic N) is 3. The highest BCUT2D eigenvalue weighted by molar-refractivity contribution is 7.93. The van der Waals surface area contributed by atoms with Crippen molar-refractivity contribution < 1.29 is 16.8 Å². The highest BCUT2D eigenvalue weighted by Crippen LogP contribution is 2.28. The third-order valence-corrected chi connectivity index (χ3v) is 8.97. The van der Waals surface area contributed by atoms with Crippen LogP contribution >= 0.6 is 11.3 Å². The Labute approximate surface area is 174 Å². The maximum absolute atomic E-state index is 12.8. The van der Waals surface area contributed by atoms with Crippen LogP contribution in [-0.2, 0) is 19.9 Å². The molecule has 2 aromatic rings. The average molecular weight is 455 g/mol. The van der Waals surface area contributed by atoms with E-state index in [1.165, 1.54) is 28.6 Å². The molecule has 0 aliphatic carbocycles. The molecule has 0 bridgehead atoms. The third kappa shape index (κ3) is 4.68. The lowest BCUT2D eigenvalue weighted by Gasteiger charge is -2.18. The van der Waals surface area contributed by atoms with Crippen molar-refractivity contribution in [3.05, 3.63) is 41.8 Å². The van der Waals surface area contributed by atoms with Crippen LogP contribution in [0.2, 0.25) is 0 Å². The Bertz CT molecular complexity index is 1120. The first-order valence-electron chi connectivity index (χ1n) is 9.05. The molecule has 0 fully saturated rings. The van der Waals surface area contributed by atoms with Crippen molar-refractivity contribution in [1.82, 2.24) is 9.73 Å². The van der Waals surface area contributed by atoms with Gasteiger partial charge in [0.15, 0.2) is 0 Å². The summed E-state index contributed by atoms with van der Waals surface area (Å²) >= 11 is 0.844. The summed E-state index contributed by atoms with van der Waals surface area (Å²) in [4.78, 5) is 4.26. The number of hydrogen-bond donors (Lipinski definition) is 1. The number of hydrogen-bond acceptors (Lipinski definition) is 7. The molecule has 1 aliphatic heterocycles. The van der Waals surface area contributed by atoms with Crippen molar-refractivity contribution in [2.75, 3.05) is 13.1 Å². The molecule has 0 amide bonds. The zero-order valence-corrected chi connectivity index (χ0v) is 18.5. The summed E-state index contributed by atoms with van der Waals surface area (Å²) in [5.74, 6) is 0.353. The smallest absolute Gasteiger partial charge is 0.251 e. The van der Waals surface area contributed by atoms with Crippen molar-refractivity contribution in [3.8, 4) is 0 Å².